The fourth-order valence-corrected chi connectivity index (χ4v) is 3.16. The van der Waals surface area contributed by atoms with Gasteiger partial charge in [-0.1, -0.05) is 0 Å². The van der Waals surface area contributed by atoms with Gasteiger partial charge in [0.2, 0.25) is 0 Å². The fraction of sp³-hybridized carbons (Fsp3) is 0.471. The normalized spacial score (nSPS) is 26.5. The molecule has 2 heterocycles. The summed E-state index contributed by atoms with van der Waals surface area (Å²) >= 11 is 0. The van der Waals surface area contributed by atoms with E-state index in [2.05, 4.69) is 20.6 Å². The maximum absolute atomic E-state index is 14.4. The summed E-state index contributed by atoms with van der Waals surface area (Å²) < 4.78 is 55.6. The molecule has 0 bridgehead atoms. The fourth-order valence-electron chi connectivity index (χ4n) is 3.16. The number of aliphatic imine (C=N–C) groups is 1. The van der Waals surface area contributed by atoms with E-state index in [1.54, 1.807) is 0 Å². The number of carbonyl (C=O) groups excluding carboxylic acids is 1. The molecular formula is C17H20F4N6O. The van der Waals surface area contributed by atoms with Crippen molar-refractivity contribution in [3.05, 3.63) is 29.2 Å². The van der Waals surface area contributed by atoms with Crippen LogP contribution in [0.2, 0.25) is 0 Å². The third kappa shape index (κ3) is 4.24. The van der Waals surface area contributed by atoms with Crippen LogP contribution in [-0.4, -0.2) is 47.8 Å². The molecule has 1 saturated carbocycles. The lowest BCUT2D eigenvalue weighted by Crippen LogP contribution is -2.55. The number of alkyl halides is 3. The van der Waals surface area contributed by atoms with E-state index in [9.17, 15) is 22.4 Å². The molecule has 3 rings (SSSR count). The van der Waals surface area contributed by atoms with Gasteiger partial charge in [0, 0.05) is 18.7 Å². The molecule has 1 fully saturated rings. The number of nitrogens with one attached hydrogen (secondary N) is 2. The molecule has 1 unspecified atom stereocenters. The molecule has 0 spiro atoms. The summed E-state index contributed by atoms with van der Waals surface area (Å²) in [7, 11) is 0. The number of aromatic nitrogens is 1. The van der Waals surface area contributed by atoms with Gasteiger partial charge in [0.25, 0.3) is 11.8 Å². The predicted molar refractivity (Wildman–Crippen MR) is 96.9 cm³/mol. The van der Waals surface area contributed by atoms with Crippen molar-refractivity contribution in [2.75, 3.05) is 17.2 Å². The molecule has 6 N–H and O–H groups in total. The number of pyridine rings is 1. The van der Waals surface area contributed by atoms with E-state index >= 15 is 0 Å². The molecule has 1 aromatic heterocycles. The Balaban J connectivity index is 1.90. The first-order valence-corrected chi connectivity index (χ1v) is 8.70. The van der Waals surface area contributed by atoms with Crippen LogP contribution in [0.5, 0.6) is 0 Å². The van der Waals surface area contributed by atoms with Crippen molar-refractivity contribution >= 4 is 23.8 Å². The average Bonchev–Trinajstić information content (AvgIpc) is 2.61. The quantitative estimate of drug-likeness (QED) is 0.564. The molecule has 0 radical (unpaired) electrons. The third-order valence-corrected chi connectivity index (χ3v) is 4.64. The molecule has 1 amide bonds. The Labute approximate surface area is 158 Å². The molecule has 0 saturated heterocycles. The zero-order valence-corrected chi connectivity index (χ0v) is 14.8. The van der Waals surface area contributed by atoms with E-state index in [-0.39, 0.29) is 42.3 Å². The van der Waals surface area contributed by atoms with Crippen molar-refractivity contribution in [3.63, 3.8) is 0 Å². The van der Waals surface area contributed by atoms with Gasteiger partial charge >= 0.3 is 0 Å². The Morgan fingerprint density at radius 3 is 2.75 bits per heavy atom. The number of amides is 1. The van der Waals surface area contributed by atoms with E-state index in [4.69, 9.17) is 11.5 Å². The van der Waals surface area contributed by atoms with Gasteiger partial charge in [-0.15, -0.1) is 0 Å². The Bertz CT molecular complexity index is 828. The van der Waals surface area contributed by atoms with Gasteiger partial charge in [0.05, 0.1) is 23.8 Å². The van der Waals surface area contributed by atoms with Gasteiger partial charge in [-0.3, -0.25) is 9.79 Å². The van der Waals surface area contributed by atoms with E-state index in [0.717, 1.165) is 6.07 Å². The highest BCUT2D eigenvalue weighted by molar-refractivity contribution is 5.99. The third-order valence-electron chi connectivity index (χ3n) is 4.64. The standard InChI is InChI=1S/C17H20F4N6O/c18-8-4-9(7-24-6-8)25-15-10(14(23)28)5-11(19)16(27-15)26-12-2-1-3-17(20,21)13(12)22/h4-5,7-8,12-13H,1-3,6,22H2,(H2,23,28)(H2,25,26,27)/t8?,12-,13-/m1/s1. The summed E-state index contributed by atoms with van der Waals surface area (Å²) in [5, 5.41) is 5.26. The second-order valence-corrected chi connectivity index (χ2v) is 6.77. The van der Waals surface area contributed by atoms with Gasteiger partial charge in [-0.05, 0) is 25.0 Å². The van der Waals surface area contributed by atoms with Crippen molar-refractivity contribution in [1.29, 1.82) is 0 Å². The van der Waals surface area contributed by atoms with Gasteiger partial charge in [-0.25, -0.2) is 22.5 Å². The number of hydrogen-bond donors (Lipinski definition) is 4. The van der Waals surface area contributed by atoms with E-state index in [1.165, 1.54) is 12.3 Å². The lowest BCUT2D eigenvalue weighted by Gasteiger charge is -2.36. The van der Waals surface area contributed by atoms with Crippen molar-refractivity contribution in [2.24, 2.45) is 16.5 Å². The van der Waals surface area contributed by atoms with Crippen LogP contribution in [0.4, 0.5) is 29.2 Å². The Morgan fingerprint density at radius 2 is 2.07 bits per heavy atom. The molecule has 0 aromatic carbocycles. The van der Waals surface area contributed by atoms with E-state index in [0.29, 0.717) is 6.42 Å². The highest BCUT2D eigenvalue weighted by Crippen LogP contribution is 2.34. The topological polar surface area (TPSA) is 118 Å². The number of hydrogen-bond acceptors (Lipinski definition) is 6. The second-order valence-electron chi connectivity index (χ2n) is 6.77. The summed E-state index contributed by atoms with van der Waals surface area (Å²) in [5.74, 6) is -5.52. The summed E-state index contributed by atoms with van der Waals surface area (Å²) in [4.78, 5) is 19.4. The molecule has 1 aliphatic carbocycles. The minimum Gasteiger partial charge on any atom is -0.365 e. The van der Waals surface area contributed by atoms with E-state index in [1.807, 2.05) is 0 Å². The van der Waals surface area contributed by atoms with Gasteiger partial charge in [0.1, 0.15) is 12.0 Å². The molecule has 11 heteroatoms. The van der Waals surface area contributed by atoms with E-state index < -0.39 is 35.9 Å². The number of carbonyl (C=O) groups is 1. The van der Waals surface area contributed by atoms with Crippen molar-refractivity contribution < 1.29 is 22.4 Å². The average molecular weight is 400 g/mol. The van der Waals surface area contributed by atoms with Crippen LogP contribution < -0.4 is 22.1 Å². The van der Waals surface area contributed by atoms with Crippen molar-refractivity contribution in [3.8, 4) is 0 Å². The van der Waals surface area contributed by atoms with Crippen LogP contribution in [0.3, 0.4) is 0 Å². The lowest BCUT2D eigenvalue weighted by atomic mass is 9.87. The zero-order chi connectivity index (χ0) is 20.5. The number of primary amides is 1. The molecule has 152 valence electrons. The van der Waals surface area contributed by atoms with Gasteiger partial charge < -0.3 is 22.1 Å². The predicted octanol–water partition coefficient (Wildman–Crippen LogP) is 1.96. The summed E-state index contributed by atoms with van der Waals surface area (Å²) in [6.07, 6.45) is 1.40. The number of halogens is 4. The van der Waals surface area contributed by atoms with Crippen LogP contribution in [0.1, 0.15) is 29.6 Å². The number of dihydropyridines is 1. The number of rotatable bonds is 5. The molecular weight excluding hydrogens is 380 g/mol. The van der Waals surface area contributed by atoms with Crippen LogP contribution in [-0.2, 0) is 0 Å². The minimum atomic E-state index is -3.08. The van der Waals surface area contributed by atoms with Crippen LogP contribution in [0, 0.1) is 5.82 Å². The Morgan fingerprint density at radius 1 is 1.32 bits per heavy atom. The number of allylic oxidation sites excluding steroid dienone is 1. The van der Waals surface area contributed by atoms with Crippen LogP contribution >= 0.6 is 0 Å². The Kier molecular flexibility index (Phi) is 5.54. The number of nitrogens with two attached hydrogens (primary N) is 2. The molecule has 1 aliphatic heterocycles. The molecule has 1 aromatic rings. The summed E-state index contributed by atoms with van der Waals surface area (Å²) in [6, 6.07) is -1.60. The SMILES string of the molecule is NC(=O)c1cc(F)c(N[C@@H]2CCCC(F)(F)[C@@H]2N)nc1NC1=CC(F)CN=C1. The zero-order valence-electron chi connectivity index (χ0n) is 14.8. The minimum absolute atomic E-state index is 0.0364. The van der Waals surface area contributed by atoms with Gasteiger partial charge in [0.15, 0.2) is 11.6 Å². The first-order valence-electron chi connectivity index (χ1n) is 8.70. The maximum Gasteiger partial charge on any atom is 0.264 e. The summed E-state index contributed by atoms with van der Waals surface area (Å²) in [6.45, 7) is -0.0364. The van der Waals surface area contributed by atoms with Crippen molar-refractivity contribution in [2.45, 2.75) is 43.4 Å². The largest absolute Gasteiger partial charge is 0.365 e. The Hall–Kier alpha value is -2.69. The molecule has 28 heavy (non-hydrogen) atoms. The van der Waals surface area contributed by atoms with Crippen molar-refractivity contribution in [1.82, 2.24) is 4.98 Å². The number of nitrogens with zero attached hydrogens (tertiary/aromatic N) is 2. The highest BCUT2D eigenvalue weighted by atomic mass is 19.3. The second kappa shape index (κ2) is 7.74. The van der Waals surface area contributed by atoms with Crippen LogP contribution in [0.15, 0.2) is 22.8 Å². The van der Waals surface area contributed by atoms with Gasteiger partial charge in [-0.2, -0.15) is 0 Å². The summed E-state index contributed by atoms with van der Waals surface area (Å²) in [5.41, 5.74) is 10.8. The smallest absolute Gasteiger partial charge is 0.264 e. The molecule has 2 aliphatic rings. The highest BCUT2D eigenvalue weighted by Gasteiger charge is 2.45. The molecule has 7 nitrogen and oxygen atoms in total. The molecule has 3 atom stereocenters. The first-order chi connectivity index (χ1) is 13.2. The maximum atomic E-state index is 14.4. The number of anilines is 2. The monoisotopic (exact) mass is 400 g/mol. The lowest BCUT2D eigenvalue weighted by molar-refractivity contribution is -0.0555. The first kappa shape index (κ1) is 20.1. The van der Waals surface area contributed by atoms with Crippen LogP contribution in [0.25, 0.3) is 0 Å².